The highest BCUT2D eigenvalue weighted by Gasteiger charge is 2.30. The van der Waals surface area contributed by atoms with Gasteiger partial charge in [0.15, 0.2) is 10.9 Å². The van der Waals surface area contributed by atoms with E-state index in [0.29, 0.717) is 5.13 Å². The van der Waals surface area contributed by atoms with Gasteiger partial charge >= 0.3 is 0 Å². The second kappa shape index (κ2) is 6.72. The Morgan fingerprint density at radius 3 is 2.86 bits per heavy atom. The minimum absolute atomic E-state index is 0.124. The molecular formula is C20H15BrN4O2S. The molecule has 0 saturated heterocycles. The monoisotopic (exact) mass is 454 g/mol. The van der Waals surface area contributed by atoms with E-state index in [1.54, 1.807) is 6.26 Å². The van der Waals surface area contributed by atoms with E-state index in [1.165, 1.54) is 18.3 Å². The largest absolute Gasteiger partial charge is 0.463 e. The molecule has 0 spiro atoms. The Morgan fingerprint density at radius 1 is 1.25 bits per heavy atom. The number of nitrogens with zero attached hydrogens (tertiary/aromatic N) is 3. The Hall–Kier alpha value is -2.71. The summed E-state index contributed by atoms with van der Waals surface area (Å²) in [5.74, 6) is 0.654. The van der Waals surface area contributed by atoms with Crippen molar-refractivity contribution in [1.82, 2.24) is 14.8 Å². The third-order valence-electron chi connectivity index (χ3n) is 4.63. The minimum atomic E-state index is -0.124. The molecule has 28 heavy (non-hydrogen) atoms. The first-order valence-electron chi connectivity index (χ1n) is 8.80. The van der Waals surface area contributed by atoms with Gasteiger partial charge in [-0.25, -0.2) is 9.67 Å². The van der Waals surface area contributed by atoms with Gasteiger partial charge in [0.25, 0.3) is 0 Å². The summed E-state index contributed by atoms with van der Waals surface area (Å²) in [5, 5.41) is 8.36. The standard InChI is InChI=1S/C20H15BrN4O2S/c1-11(26)22-20-23-14-9-8-12-17(19(14)28-20)24-25(15-6-3-2-5-13(15)21)18(12)16-7-4-10-27-16/h2-7,10H,8-9H2,1H3,(H,22,23,26). The van der Waals surface area contributed by atoms with Crippen LogP contribution in [0.1, 0.15) is 18.2 Å². The maximum Gasteiger partial charge on any atom is 0.223 e. The van der Waals surface area contributed by atoms with Crippen molar-refractivity contribution in [3.63, 3.8) is 0 Å². The first-order chi connectivity index (χ1) is 13.6. The van der Waals surface area contributed by atoms with Gasteiger partial charge < -0.3 is 9.73 Å². The summed E-state index contributed by atoms with van der Waals surface area (Å²) in [7, 11) is 0. The van der Waals surface area contributed by atoms with E-state index < -0.39 is 0 Å². The van der Waals surface area contributed by atoms with Crippen molar-refractivity contribution in [2.75, 3.05) is 5.32 Å². The zero-order chi connectivity index (χ0) is 19.3. The number of hydrogen-bond acceptors (Lipinski definition) is 5. The number of hydrogen-bond donors (Lipinski definition) is 1. The van der Waals surface area contributed by atoms with Gasteiger partial charge in [0, 0.05) is 17.0 Å². The van der Waals surface area contributed by atoms with Crippen LogP contribution in [0.3, 0.4) is 0 Å². The highest BCUT2D eigenvalue weighted by molar-refractivity contribution is 9.10. The zero-order valence-corrected chi connectivity index (χ0v) is 17.3. The van der Waals surface area contributed by atoms with E-state index in [4.69, 9.17) is 9.52 Å². The van der Waals surface area contributed by atoms with Crippen molar-refractivity contribution >= 4 is 38.3 Å². The second-order valence-corrected chi connectivity index (χ2v) is 8.35. The van der Waals surface area contributed by atoms with Crippen LogP contribution in [0.15, 0.2) is 51.6 Å². The molecule has 3 heterocycles. The van der Waals surface area contributed by atoms with E-state index in [1.807, 2.05) is 41.1 Å². The van der Waals surface area contributed by atoms with Gasteiger partial charge in [-0.1, -0.05) is 23.5 Å². The van der Waals surface area contributed by atoms with Crippen LogP contribution in [0, 0.1) is 0 Å². The lowest BCUT2D eigenvalue weighted by atomic mass is 9.97. The molecule has 0 atom stereocenters. The topological polar surface area (TPSA) is 73.0 Å². The normalized spacial score (nSPS) is 12.5. The van der Waals surface area contributed by atoms with E-state index in [0.717, 1.165) is 56.3 Å². The first-order valence-corrected chi connectivity index (χ1v) is 10.4. The quantitative estimate of drug-likeness (QED) is 0.468. The summed E-state index contributed by atoms with van der Waals surface area (Å²) in [6.45, 7) is 1.49. The number of para-hydroxylation sites is 1. The summed E-state index contributed by atoms with van der Waals surface area (Å²) >= 11 is 5.10. The number of nitrogens with one attached hydrogen (secondary N) is 1. The molecule has 1 amide bonds. The highest BCUT2D eigenvalue weighted by Crippen LogP contribution is 2.44. The molecule has 0 saturated carbocycles. The van der Waals surface area contributed by atoms with Crippen LogP contribution in [-0.2, 0) is 17.6 Å². The molecule has 1 N–H and O–H groups in total. The second-order valence-electron chi connectivity index (χ2n) is 6.49. The fourth-order valence-corrected chi connectivity index (χ4v) is 5.01. The fraction of sp³-hybridized carbons (Fsp3) is 0.150. The Bertz CT molecular complexity index is 1190. The molecule has 5 rings (SSSR count). The number of rotatable bonds is 3. The van der Waals surface area contributed by atoms with Crippen molar-refractivity contribution in [3.05, 3.63) is 58.4 Å². The molecule has 0 fully saturated rings. The number of furan rings is 1. The van der Waals surface area contributed by atoms with Crippen LogP contribution < -0.4 is 5.32 Å². The van der Waals surface area contributed by atoms with Crippen molar-refractivity contribution in [3.8, 4) is 27.7 Å². The van der Waals surface area contributed by atoms with E-state index in [2.05, 4.69) is 26.2 Å². The Balaban J connectivity index is 1.74. The van der Waals surface area contributed by atoms with Gasteiger partial charge in [-0.3, -0.25) is 4.79 Å². The Labute approximate surface area is 173 Å². The predicted molar refractivity (Wildman–Crippen MR) is 112 cm³/mol. The third-order valence-corrected chi connectivity index (χ3v) is 6.32. The third kappa shape index (κ3) is 2.80. The van der Waals surface area contributed by atoms with Crippen molar-refractivity contribution in [2.24, 2.45) is 0 Å². The average Bonchev–Trinajstić information content (AvgIpc) is 3.38. The number of halogens is 1. The number of carbonyl (C=O) groups excluding carboxylic acids is 1. The molecule has 0 bridgehead atoms. The van der Waals surface area contributed by atoms with Crippen molar-refractivity contribution in [1.29, 1.82) is 0 Å². The van der Waals surface area contributed by atoms with Gasteiger partial charge in [0.05, 0.1) is 22.5 Å². The number of benzene rings is 1. The SMILES string of the molecule is CC(=O)Nc1nc2c(s1)-c1nn(-c3ccccc3Br)c(-c3ccco3)c1CC2. The van der Waals surface area contributed by atoms with E-state index >= 15 is 0 Å². The van der Waals surface area contributed by atoms with Crippen LogP contribution in [0.25, 0.3) is 27.7 Å². The summed E-state index contributed by atoms with van der Waals surface area (Å²) in [6.07, 6.45) is 3.29. The molecular weight excluding hydrogens is 440 g/mol. The maximum atomic E-state index is 11.4. The fourth-order valence-electron chi connectivity index (χ4n) is 3.49. The van der Waals surface area contributed by atoms with E-state index in [9.17, 15) is 4.79 Å². The molecule has 1 aliphatic carbocycles. The molecule has 0 aliphatic heterocycles. The van der Waals surface area contributed by atoms with Crippen LogP contribution >= 0.6 is 27.3 Å². The number of thiazole rings is 1. The zero-order valence-electron chi connectivity index (χ0n) is 14.9. The highest BCUT2D eigenvalue weighted by atomic mass is 79.9. The number of amides is 1. The number of aromatic nitrogens is 3. The minimum Gasteiger partial charge on any atom is -0.463 e. The summed E-state index contributed by atoms with van der Waals surface area (Å²) in [5.41, 5.74) is 4.90. The van der Waals surface area contributed by atoms with Crippen molar-refractivity contribution < 1.29 is 9.21 Å². The lowest BCUT2D eigenvalue weighted by Crippen LogP contribution is -2.06. The van der Waals surface area contributed by atoms with Gasteiger partial charge in [-0.2, -0.15) is 5.10 Å². The van der Waals surface area contributed by atoms with Gasteiger partial charge in [-0.15, -0.1) is 0 Å². The summed E-state index contributed by atoms with van der Waals surface area (Å²) < 4.78 is 8.63. The molecule has 140 valence electrons. The number of aryl methyl sites for hydroxylation is 1. The molecule has 0 unspecified atom stereocenters. The number of carbonyl (C=O) groups is 1. The molecule has 4 aromatic rings. The average molecular weight is 455 g/mol. The van der Waals surface area contributed by atoms with Gasteiger partial charge in [-0.05, 0) is 53.0 Å². The summed E-state index contributed by atoms with van der Waals surface area (Å²) in [6, 6.07) is 11.8. The van der Waals surface area contributed by atoms with Crippen LogP contribution in [-0.4, -0.2) is 20.7 Å². The number of anilines is 1. The van der Waals surface area contributed by atoms with Crippen LogP contribution in [0.2, 0.25) is 0 Å². The molecule has 6 nitrogen and oxygen atoms in total. The maximum absolute atomic E-state index is 11.4. The summed E-state index contributed by atoms with van der Waals surface area (Å²) in [4.78, 5) is 17.0. The molecule has 1 aromatic carbocycles. The van der Waals surface area contributed by atoms with Gasteiger partial charge in [0.2, 0.25) is 5.91 Å². The van der Waals surface area contributed by atoms with Crippen molar-refractivity contribution in [2.45, 2.75) is 19.8 Å². The van der Waals surface area contributed by atoms with Gasteiger partial charge in [0.1, 0.15) is 11.4 Å². The molecule has 3 aromatic heterocycles. The Kier molecular flexibility index (Phi) is 4.17. The molecule has 1 aliphatic rings. The predicted octanol–water partition coefficient (Wildman–Crippen LogP) is 5.08. The number of fused-ring (bicyclic) bond motifs is 3. The van der Waals surface area contributed by atoms with Crippen LogP contribution in [0.4, 0.5) is 5.13 Å². The van der Waals surface area contributed by atoms with E-state index in [-0.39, 0.29) is 5.91 Å². The molecule has 8 heteroatoms. The smallest absolute Gasteiger partial charge is 0.223 e. The lowest BCUT2D eigenvalue weighted by molar-refractivity contribution is -0.114. The Morgan fingerprint density at radius 2 is 2.11 bits per heavy atom. The molecule has 0 radical (unpaired) electrons. The first kappa shape index (κ1) is 17.4. The lowest BCUT2D eigenvalue weighted by Gasteiger charge is -2.11. The van der Waals surface area contributed by atoms with Crippen LogP contribution in [0.5, 0.6) is 0 Å².